The molecule has 0 radical (unpaired) electrons. The highest BCUT2D eigenvalue weighted by Crippen LogP contribution is 2.45. The molecule has 3 nitrogen and oxygen atoms in total. The van der Waals surface area contributed by atoms with E-state index in [1.807, 2.05) is 54.6 Å². The fraction of sp³-hybridized carbons (Fsp3) is 0.333. The molecule has 0 spiro atoms. The third-order valence-electron chi connectivity index (χ3n) is 6.38. The van der Waals surface area contributed by atoms with Gasteiger partial charge in [-0.15, -0.1) is 11.8 Å². The van der Waals surface area contributed by atoms with Gasteiger partial charge in [-0.3, -0.25) is 9.59 Å². The number of hydrogen-bond acceptors (Lipinski definition) is 3. The molecule has 34 heavy (non-hydrogen) atoms. The van der Waals surface area contributed by atoms with Crippen molar-refractivity contribution in [3.63, 3.8) is 0 Å². The zero-order valence-corrected chi connectivity index (χ0v) is 20.7. The van der Waals surface area contributed by atoms with E-state index in [0.717, 1.165) is 50.6 Å². The lowest BCUT2D eigenvalue weighted by Crippen LogP contribution is -2.32. The maximum Gasteiger partial charge on any atom is 0.236 e. The predicted octanol–water partition coefficient (Wildman–Crippen LogP) is 7.07. The van der Waals surface area contributed by atoms with E-state index in [1.165, 1.54) is 5.56 Å². The maximum absolute atomic E-state index is 13.3. The Labute approximate surface area is 207 Å². The first-order valence-electron chi connectivity index (χ1n) is 12.4. The van der Waals surface area contributed by atoms with Gasteiger partial charge in [0.25, 0.3) is 0 Å². The molecule has 4 heteroatoms. The lowest BCUT2D eigenvalue weighted by Gasteiger charge is -2.24. The van der Waals surface area contributed by atoms with Crippen molar-refractivity contribution < 1.29 is 9.59 Å². The van der Waals surface area contributed by atoms with Crippen LogP contribution in [0.2, 0.25) is 0 Å². The van der Waals surface area contributed by atoms with E-state index in [1.54, 1.807) is 11.8 Å². The average Bonchev–Trinajstić information content (AvgIpc) is 3.21. The van der Waals surface area contributed by atoms with E-state index in [9.17, 15) is 9.59 Å². The standard InChI is InChI=1S/C30H33NO2S/c1-2-3-20-27-29(33)31(21-11-10-15-23-13-6-4-7-14-23)30(34-27)26-19-12-18-25(22-26)28(32)24-16-8-5-9-17-24/h4-9,12-14,16-19,22,27,30H,2-3,10-11,15,20-21H2,1H3/t27-,30+/m0/s1. The van der Waals surface area contributed by atoms with E-state index < -0.39 is 0 Å². The normalized spacial score (nSPS) is 17.8. The fourth-order valence-corrected chi connectivity index (χ4v) is 6.03. The molecule has 1 amide bonds. The zero-order valence-electron chi connectivity index (χ0n) is 19.9. The third kappa shape index (κ3) is 5.98. The second-order valence-corrected chi connectivity index (χ2v) is 10.2. The molecule has 1 fully saturated rings. The summed E-state index contributed by atoms with van der Waals surface area (Å²) in [4.78, 5) is 28.4. The Balaban J connectivity index is 1.49. The first kappa shape index (κ1) is 24.3. The number of rotatable bonds is 11. The molecular weight excluding hydrogens is 438 g/mol. The fourth-order valence-electron chi connectivity index (χ4n) is 4.50. The predicted molar refractivity (Wildman–Crippen MR) is 141 cm³/mol. The van der Waals surface area contributed by atoms with Crippen molar-refractivity contribution in [1.29, 1.82) is 0 Å². The minimum atomic E-state index is -0.0328. The van der Waals surface area contributed by atoms with E-state index in [-0.39, 0.29) is 22.3 Å². The summed E-state index contributed by atoms with van der Waals surface area (Å²) in [6.45, 7) is 2.92. The van der Waals surface area contributed by atoms with Crippen LogP contribution in [-0.4, -0.2) is 28.4 Å². The highest BCUT2D eigenvalue weighted by molar-refractivity contribution is 8.01. The van der Waals surface area contributed by atoms with Crippen molar-refractivity contribution >= 4 is 23.5 Å². The molecule has 1 heterocycles. The summed E-state index contributed by atoms with van der Waals surface area (Å²) in [6, 6.07) is 27.8. The van der Waals surface area contributed by atoms with Crippen molar-refractivity contribution in [1.82, 2.24) is 4.90 Å². The van der Waals surface area contributed by atoms with Crippen molar-refractivity contribution in [3.8, 4) is 0 Å². The van der Waals surface area contributed by atoms with Crippen molar-refractivity contribution in [3.05, 3.63) is 107 Å². The Kier molecular flexibility index (Phi) is 8.59. The van der Waals surface area contributed by atoms with Crippen LogP contribution in [0.1, 0.15) is 71.5 Å². The number of aryl methyl sites for hydroxylation is 1. The zero-order chi connectivity index (χ0) is 23.8. The molecule has 0 aliphatic carbocycles. The van der Waals surface area contributed by atoms with Gasteiger partial charge in [-0.2, -0.15) is 0 Å². The van der Waals surface area contributed by atoms with Crippen LogP contribution in [0.25, 0.3) is 0 Å². The SMILES string of the molecule is CCCC[C@@H]1S[C@H](c2cccc(C(=O)c3ccccc3)c2)N(CCCCc2ccccc2)C1=O. The van der Waals surface area contributed by atoms with E-state index in [2.05, 4.69) is 42.2 Å². The van der Waals surface area contributed by atoms with E-state index in [4.69, 9.17) is 0 Å². The van der Waals surface area contributed by atoms with Crippen molar-refractivity contribution in [2.24, 2.45) is 0 Å². The molecule has 0 aromatic heterocycles. The molecule has 4 rings (SSSR count). The van der Waals surface area contributed by atoms with Crippen LogP contribution in [0.5, 0.6) is 0 Å². The topological polar surface area (TPSA) is 37.4 Å². The Morgan fingerprint density at radius 3 is 2.29 bits per heavy atom. The molecule has 0 bridgehead atoms. The molecule has 2 atom stereocenters. The number of ketones is 1. The first-order valence-corrected chi connectivity index (χ1v) is 13.3. The number of hydrogen-bond donors (Lipinski definition) is 0. The highest BCUT2D eigenvalue weighted by atomic mass is 32.2. The molecule has 176 valence electrons. The molecule has 3 aromatic rings. The first-order chi connectivity index (χ1) is 16.7. The van der Waals surface area contributed by atoms with Gasteiger partial charge in [0, 0.05) is 17.7 Å². The maximum atomic E-state index is 13.3. The molecule has 1 aliphatic heterocycles. The van der Waals surface area contributed by atoms with Crippen LogP contribution in [0, 0.1) is 0 Å². The van der Waals surface area contributed by atoms with Gasteiger partial charge in [0.15, 0.2) is 5.78 Å². The van der Waals surface area contributed by atoms with Gasteiger partial charge in [0.2, 0.25) is 5.91 Å². The number of amides is 1. The lowest BCUT2D eigenvalue weighted by molar-refractivity contribution is -0.130. The summed E-state index contributed by atoms with van der Waals surface area (Å²) in [7, 11) is 0. The van der Waals surface area contributed by atoms with Crippen LogP contribution in [-0.2, 0) is 11.2 Å². The molecule has 1 aliphatic rings. The van der Waals surface area contributed by atoms with Crippen molar-refractivity contribution in [2.45, 2.75) is 56.1 Å². The van der Waals surface area contributed by atoms with Crippen LogP contribution in [0.15, 0.2) is 84.9 Å². The molecule has 3 aromatic carbocycles. The Morgan fingerprint density at radius 2 is 1.56 bits per heavy atom. The van der Waals surface area contributed by atoms with E-state index in [0.29, 0.717) is 11.1 Å². The number of nitrogens with zero attached hydrogens (tertiary/aromatic N) is 1. The lowest BCUT2D eigenvalue weighted by atomic mass is 10.0. The molecular formula is C30H33NO2S. The molecule has 0 saturated carbocycles. The molecule has 1 saturated heterocycles. The van der Waals surface area contributed by atoms with Crippen LogP contribution >= 0.6 is 11.8 Å². The largest absolute Gasteiger partial charge is 0.326 e. The minimum Gasteiger partial charge on any atom is -0.326 e. The Bertz CT molecular complexity index is 1080. The van der Waals surface area contributed by atoms with Crippen LogP contribution in [0.3, 0.4) is 0 Å². The molecule has 0 unspecified atom stereocenters. The van der Waals surface area contributed by atoms with Gasteiger partial charge >= 0.3 is 0 Å². The van der Waals surface area contributed by atoms with Crippen LogP contribution < -0.4 is 0 Å². The van der Waals surface area contributed by atoms with Gasteiger partial charge in [-0.25, -0.2) is 0 Å². The molecule has 0 N–H and O–H groups in total. The van der Waals surface area contributed by atoms with Gasteiger partial charge in [-0.1, -0.05) is 98.6 Å². The average molecular weight is 472 g/mol. The Morgan fingerprint density at radius 1 is 0.853 bits per heavy atom. The summed E-state index contributed by atoms with van der Waals surface area (Å²) < 4.78 is 0. The third-order valence-corrected chi connectivity index (χ3v) is 7.93. The van der Waals surface area contributed by atoms with Crippen molar-refractivity contribution in [2.75, 3.05) is 6.54 Å². The number of benzene rings is 3. The number of unbranched alkanes of at least 4 members (excludes halogenated alkanes) is 2. The second-order valence-electron chi connectivity index (χ2n) is 8.91. The quantitative estimate of drug-likeness (QED) is 0.222. The number of carbonyl (C=O) groups excluding carboxylic acids is 2. The summed E-state index contributed by atoms with van der Waals surface area (Å²) >= 11 is 1.76. The Hall–Kier alpha value is -2.85. The second kappa shape index (κ2) is 12.0. The van der Waals surface area contributed by atoms with Gasteiger partial charge in [-0.05, 0) is 42.9 Å². The monoisotopic (exact) mass is 471 g/mol. The van der Waals surface area contributed by atoms with Crippen LogP contribution in [0.4, 0.5) is 0 Å². The summed E-state index contributed by atoms with van der Waals surface area (Å²) in [5, 5.41) is -0.0258. The highest BCUT2D eigenvalue weighted by Gasteiger charge is 2.40. The van der Waals surface area contributed by atoms with Gasteiger partial charge in [0.05, 0.1) is 5.25 Å². The van der Waals surface area contributed by atoms with E-state index >= 15 is 0 Å². The van der Waals surface area contributed by atoms with Gasteiger partial charge in [0.1, 0.15) is 5.37 Å². The number of thioether (sulfide) groups is 1. The minimum absolute atomic E-state index is 0.00699. The summed E-state index contributed by atoms with van der Waals surface area (Å²) in [5.41, 5.74) is 3.75. The summed E-state index contributed by atoms with van der Waals surface area (Å²) in [6.07, 6.45) is 6.12. The number of carbonyl (C=O) groups is 2. The van der Waals surface area contributed by atoms with Gasteiger partial charge < -0.3 is 4.90 Å². The summed E-state index contributed by atoms with van der Waals surface area (Å²) in [5.74, 6) is 0.275. The smallest absolute Gasteiger partial charge is 0.236 e.